The molecule has 0 aliphatic rings. The standard InChI is InChI=1S/C25H23N3O6/c1-12(26)20(14(3)29)17-10-18-16(11-19(17)33-4)22-23(21(27-18)24(30)31)34-25(32)28(22)13(2)15-8-6-5-7-9-15/h5-11,13,26,29H,1-4H3,(H,30,31)/b20-14+,26-12?/t13-/m1/s1. The number of aromatic carboxylic acids is 1. The Morgan fingerprint density at radius 1 is 1.18 bits per heavy atom. The Morgan fingerprint density at radius 2 is 1.85 bits per heavy atom. The zero-order valence-electron chi connectivity index (χ0n) is 19.0. The van der Waals surface area contributed by atoms with E-state index in [1.807, 2.05) is 37.3 Å². The summed E-state index contributed by atoms with van der Waals surface area (Å²) >= 11 is 0. The van der Waals surface area contributed by atoms with Crippen molar-refractivity contribution in [3.63, 3.8) is 0 Å². The van der Waals surface area contributed by atoms with Crippen LogP contribution < -0.4 is 10.5 Å². The maximum Gasteiger partial charge on any atom is 0.420 e. The van der Waals surface area contributed by atoms with Gasteiger partial charge in [0.1, 0.15) is 11.3 Å². The number of methoxy groups -OCH3 is 1. The predicted octanol–water partition coefficient (Wildman–Crippen LogP) is 4.79. The first-order valence-electron chi connectivity index (χ1n) is 10.5. The zero-order valence-corrected chi connectivity index (χ0v) is 19.0. The van der Waals surface area contributed by atoms with Gasteiger partial charge in [-0.1, -0.05) is 30.3 Å². The average molecular weight is 461 g/mol. The number of carboxylic acid groups (broad SMARTS) is 1. The zero-order chi connectivity index (χ0) is 24.7. The van der Waals surface area contributed by atoms with Crippen molar-refractivity contribution in [2.24, 2.45) is 0 Å². The summed E-state index contributed by atoms with van der Waals surface area (Å²) in [6, 6.07) is 12.0. The highest BCUT2D eigenvalue weighted by atomic mass is 16.5. The molecule has 4 aromatic rings. The third-order valence-electron chi connectivity index (χ3n) is 5.74. The van der Waals surface area contributed by atoms with Gasteiger partial charge >= 0.3 is 11.7 Å². The molecule has 0 amide bonds. The first-order valence-corrected chi connectivity index (χ1v) is 10.5. The second-order valence-electron chi connectivity index (χ2n) is 7.92. The number of hydrogen-bond acceptors (Lipinski definition) is 7. The minimum absolute atomic E-state index is 0.0927. The van der Waals surface area contributed by atoms with Gasteiger partial charge in [-0.05, 0) is 38.5 Å². The van der Waals surface area contributed by atoms with Gasteiger partial charge in [0.25, 0.3) is 0 Å². The molecule has 9 heteroatoms. The molecule has 9 nitrogen and oxygen atoms in total. The Balaban J connectivity index is 2.17. The first-order chi connectivity index (χ1) is 16.1. The van der Waals surface area contributed by atoms with Crippen molar-refractivity contribution in [1.29, 1.82) is 5.41 Å². The lowest BCUT2D eigenvalue weighted by atomic mass is 9.97. The molecule has 174 valence electrons. The maximum atomic E-state index is 13.0. The molecule has 34 heavy (non-hydrogen) atoms. The molecule has 0 saturated carbocycles. The van der Waals surface area contributed by atoms with E-state index in [4.69, 9.17) is 14.6 Å². The number of nitrogens with zero attached hydrogens (tertiary/aromatic N) is 2. The van der Waals surface area contributed by atoms with E-state index in [1.165, 1.54) is 25.5 Å². The monoisotopic (exact) mass is 461 g/mol. The second-order valence-corrected chi connectivity index (χ2v) is 7.92. The van der Waals surface area contributed by atoms with E-state index >= 15 is 0 Å². The molecule has 2 aromatic carbocycles. The largest absolute Gasteiger partial charge is 0.512 e. The van der Waals surface area contributed by atoms with Crippen LogP contribution >= 0.6 is 0 Å². The fourth-order valence-corrected chi connectivity index (χ4v) is 4.23. The van der Waals surface area contributed by atoms with Crippen LogP contribution in [0.15, 0.2) is 57.4 Å². The highest BCUT2D eigenvalue weighted by molar-refractivity contribution is 6.23. The number of ether oxygens (including phenoxy) is 1. The SMILES string of the molecule is COc1cc2c(cc1/C(C(C)=N)=C(\C)O)nc(C(=O)O)c1oc(=O)n([C@H](C)c3ccccc3)c12. The van der Waals surface area contributed by atoms with Gasteiger partial charge in [-0.25, -0.2) is 14.6 Å². The van der Waals surface area contributed by atoms with E-state index in [2.05, 4.69) is 4.98 Å². The molecule has 3 N–H and O–H groups in total. The highest BCUT2D eigenvalue weighted by Gasteiger charge is 2.26. The molecule has 4 rings (SSSR count). The molecule has 1 atom stereocenters. The van der Waals surface area contributed by atoms with Crippen molar-refractivity contribution < 1.29 is 24.2 Å². The van der Waals surface area contributed by atoms with Gasteiger partial charge in [-0.3, -0.25) is 4.57 Å². The topological polar surface area (TPSA) is 139 Å². The number of carboxylic acids is 1. The number of carbonyl (C=O) groups is 1. The normalized spacial score (nSPS) is 13.1. The minimum Gasteiger partial charge on any atom is -0.512 e. The van der Waals surface area contributed by atoms with E-state index in [-0.39, 0.29) is 33.7 Å². The van der Waals surface area contributed by atoms with Crippen LogP contribution in [0.3, 0.4) is 0 Å². The number of allylic oxidation sites excluding steroid dienone is 2. The van der Waals surface area contributed by atoms with Crippen LogP contribution in [0.2, 0.25) is 0 Å². The van der Waals surface area contributed by atoms with E-state index in [0.717, 1.165) is 5.56 Å². The van der Waals surface area contributed by atoms with Gasteiger partial charge < -0.3 is 24.8 Å². The molecular weight excluding hydrogens is 438 g/mol. The number of fused-ring (bicyclic) bond motifs is 3. The van der Waals surface area contributed by atoms with Crippen LogP contribution in [-0.4, -0.2) is 38.6 Å². The summed E-state index contributed by atoms with van der Waals surface area (Å²) in [5.74, 6) is -1.84. The molecule has 0 unspecified atom stereocenters. The van der Waals surface area contributed by atoms with Gasteiger partial charge in [0.05, 0.1) is 24.4 Å². The Labute approximate surface area is 194 Å². The van der Waals surface area contributed by atoms with Crippen molar-refractivity contribution >= 4 is 39.3 Å². The lowest BCUT2D eigenvalue weighted by Crippen LogP contribution is -2.19. The number of aliphatic hydroxyl groups excluding tert-OH is 1. The number of pyridine rings is 1. The lowest BCUT2D eigenvalue weighted by molar-refractivity contribution is 0.0692. The predicted molar refractivity (Wildman–Crippen MR) is 128 cm³/mol. The summed E-state index contributed by atoms with van der Waals surface area (Å²) in [4.78, 5) is 29.2. The maximum absolute atomic E-state index is 13.0. The fraction of sp³-hybridized carbons (Fsp3) is 0.200. The van der Waals surface area contributed by atoms with Crippen molar-refractivity contribution in [3.05, 3.63) is 75.6 Å². The summed E-state index contributed by atoms with van der Waals surface area (Å²) in [6.45, 7) is 4.79. The Hall–Kier alpha value is -4.40. The summed E-state index contributed by atoms with van der Waals surface area (Å²) < 4.78 is 12.4. The van der Waals surface area contributed by atoms with Crippen LogP contribution in [0.4, 0.5) is 0 Å². The van der Waals surface area contributed by atoms with Gasteiger partial charge in [-0.2, -0.15) is 0 Å². The van der Waals surface area contributed by atoms with Gasteiger partial charge in [0, 0.05) is 22.2 Å². The van der Waals surface area contributed by atoms with E-state index < -0.39 is 23.5 Å². The number of aromatic nitrogens is 2. The third kappa shape index (κ3) is 3.61. The molecular formula is C25H23N3O6. The lowest BCUT2D eigenvalue weighted by Gasteiger charge is -2.17. The van der Waals surface area contributed by atoms with E-state index in [1.54, 1.807) is 12.1 Å². The Bertz CT molecular complexity index is 1540. The minimum atomic E-state index is -1.35. The molecule has 0 aliphatic carbocycles. The quantitative estimate of drug-likeness (QED) is 0.277. The molecule has 0 fully saturated rings. The molecule has 0 spiro atoms. The van der Waals surface area contributed by atoms with Crippen molar-refractivity contribution in [2.75, 3.05) is 7.11 Å². The summed E-state index contributed by atoms with van der Waals surface area (Å²) in [6.07, 6.45) is 0. The smallest absolute Gasteiger partial charge is 0.420 e. The summed E-state index contributed by atoms with van der Waals surface area (Å²) in [5.41, 5.74) is 1.50. The first kappa shape index (κ1) is 22.8. The number of oxazole rings is 1. The van der Waals surface area contributed by atoms with Crippen LogP contribution in [0, 0.1) is 5.41 Å². The molecule has 2 aromatic heterocycles. The van der Waals surface area contributed by atoms with Crippen LogP contribution in [0.5, 0.6) is 5.75 Å². The van der Waals surface area contributed by atoms with Crippen LogP contribution in [-0.2, 0) is 0 Å². The van der Waals surface area contributed by atoms with Gasteiger partial charge in [-0.15, -0.1) is 0 Å². The molecule has 0 aliphatic heterocycles. The fourth-order valence-electron chi connectivity index (χ4n) is 4.23. The number of rotatable bonds is 6. The van der Waals surface area contributed by atoms with Crippen molar-refractivity contribution in [1.82, 2.24) is 9.55 Å². The Morgan fingerprint density at radius 3 is 2.41 bits per heavy atom. The third-order valence-corrected chi connectivity index (χ3v) is 5.74. The molecule has 0 radical (unpaired) electrons. The Kier molecular flexibility index (Phi) is 5.70. The van der Waals surface area contributed by atoms with Crippen molar-refractivity contribution in [3.8, 4) is 5.75 Å². The highest BCUT2D eigenvalue weighted by Crippen LogP contribution is 2.37. The van der Waals surface area contributed by atoms with Crippen molar-refractivity contribution in [2.45, 2.75) is 26.8 Å². The molecule has 0 saturated heterocycles. The summed E-state index contributed by atoms with van der Waals surface area (Å²) in [7, 11) is 1.44. The van der Waals surface area contributed by atoms with Crippen LogP contribution in [0.25, 0.3) is 27.6 Å². The van der Waals surface area contributed by atoms with E-state index in [9.17, 15) is 19.8 Å². The average Bonchev–Trinajstić information content (AvgIpc) is 3.14. The van der Waals surface area contributed by atoms with Crippen LogP contribution in [0.1, 0.15) is 48.4 Å². The number of hydrogen-bond donors (Lipinski definition) is 3. The van der Waals surface area contributed by atoms with Gasteiger partial charge in [0.2, 0.25) is 0 Å². The second kappa shape index (κ2) is 8.51. The summed E-state index contributed by atoms with van der Waals surface area (Å²) in [5, 5.41) is 28.5. The number of benzene rings is 2. The molecule has 0 bridgehead atoms. The number of nitrogens with one attached hydrogen (secondary N) is 1. The molecule has 2 heterocycles. The number of aliphatic hydroxyl groups is 1. The van der Waals surface area contributed by atoms with E-state index in [0.29, 0.717) is 16.7 Å². The van der Waals surface area contributed by atoms with Gasteiger partial charge in [0.15, 0.2) is 11.3 Å².